The van der Waals surface area contributed by atoms with E-state index in [-0.39, 0.29) is 32.7 Å². The van der Waals surface area contributed by atoms with Gasteiger partial charge in [0.15, 0.2) is 5.69 Å². The van der Waals surface area contributed by atoms with Gasteiger partial charge in [0, 0.05) is 37.8 Å². The van der Waals surface area contributed by atoms with Gasteiger partial charge in [-0.25, -0.2) is 8.42 Å². The molecular weight excluding hydrogens is 409 g/mol. The SMILES string of the molecule is O=C(Cn1ccc(C(F)(F)F)n1)N1CCN(S(=O)(=O)C=Cc2ccccc2)CC1. The summed E-state index contributed by atoms with van der Waals surface area (Å²) in [6.07, 6.45) is -1.97. The van der Waals surface area contributed by atoms with Crippen molar-refractivity contribution in [2.24, 2.45) is 0 Å². The Balaban J connectivity index is 1.55. The third-order valence-electron chi connectivity index (χ3n) is 4.41. The van der Waals surface area contributed by atoms with Gasteiger partial charge in [-0.2, -0.15) is 22.6 Å². The van der Waals surface area contributed by atoms with E-state index >= 15 is 0 Å². The predicted molar refractivity (Wildman–Crippen MR) is 99.8 cm³/mol. The van der Waals surface area contributed by atoms with Gasteiger partial charge >= 0.3 is 6.18 Å². The van der Waals surface area contributed by atoms with Gasteiger partial charge in [-0.1, -0.05) is 30.3 Å². The van der Waals surface area contributed by atoms with E-state index in [0.717, 1.165) is 27.9 Å². The molecule has 0 atom stereocenters. The van der Waals surface area contributed by atoms with Gasteiger partial charge < -0.3 is 4.90 Å². The summed E-state index contributed by atoms with van der Waals surface area (Å²) in [5.41, 5.74) is -0.311. The van der Waals surface area contributed by atoms with Gasteiger partial charge in [0.05, 0.1) is 0 Å². The zero-order chi connectivity index (χ0) is 21.1. The number of rotatable bonds is 5. The Bertz CT molecular complexity index is 979. The molecule has 29 heavy (non-hydrogen) atoms. The largest absolute Gasteiger partial charge is 0.435 e. The van der Waals surface area contributed by atoms with Crippen LogP contribution in [-0.2, 0) is 27.5 Å². The van der Waals surface area contributed by atoms with Gasteiger partial charge in [-0.15, -0.1) is 0 Å². The zero-order valence-electron chi connectivity index (χ0n) is 15.3. The fourth-order valence-electron chi connectivity index (χ4n) is 2.85. The molecule has 1 saturated heterocycles. The number of amides is 1. The highest BCUT2D eigenvalue weighted by Crippen LogP contribution is 2.27. The molecule has 0 unspecified atom stereocenters. The number of halogens is 3. The van der Waals surface area contributed by atoms with Crippen molar-refractivity contribution in [3.8, 4) is 0 Å². The number of aromatic nitrogens is 2. The molecule has 0 saturated carbocycles. The van der Waals surface area contributed by atoms with Gasteiger partial charge in [0.1, 0.15) is 6.54 Å². The second-order valence-corrected chi connectivity index (χ2v) is 8.25. The maximum atomic E-state index is 12.6. The van der Waals surface area contributed by atoms with Gasteiger partial charge in [0.2, 0.25) is 15.9 Å². The minimum atomic E-state index is -4.57. The molecule has 2 heterocycles. The Morgan fingerprint density at radius 3 is 2.31 bits per heavy atom. The van der Waals surface area contributed by atoms with Crippen LogP contribution in [0.25, 0.3) is 6.08 Å². The van der Waals surface area contributed by atoms with Crippen LogP contribution in [0.4, 0.5) is 13.2 Å². The zero-order valence-corrected chi connectivity index (χ0v) is 16.1. The van der Waals surface area contributed by atoms with Gasteiger partial charge in [0.25, 0.3) is 0 Å². The Hall–Kier alpha value is -2.66. The van der Waals surface area contributed by atoms with Crippen LogP contribution < -0.4 is 0 Å². The molecular formula is C18H19F3N4O3S. The van der Waals surface area contributed by atoms with Crippen molar-refractivity contribution in [1.82, 2.24) is 19.0 Å². The van der Waals surface area contributed by atoms with E-state index < -0.39 is 27.8 Å². The first-order valence-electron chi connectivity index (χ1n) is 8.77. The van der Waals surface area contributed by atoms with Crippen LogP contribution in [0.1, 0.15) is 11.3 Å². The highest BCUT2D eigenvalue weighted by Gasteiger charge is 2.34. The van der Waals surface area contributed by atoms with Gasteiger partial charge in [-0.05, 0) is 17.7 Å². The molecule has 1 fully saturated rings. The number of hydrogen-bond donors (Lipinski definition) is 0. The molecule has 1 aromatic carbocycles. The van der Waals surface area contributed by atoms with Crippen LogP contribution in [0.15, 0.2) is 48.0 Å². The first-order chi connectivity index (χ1) is 13.6. The number of carbonyl (C=O) groups excluding carboxylic acids is 1. The van der Waals surface area contributed by atoms with Crippen molar-refractivity contribution in [1.29, 1.82) is 0 Å². The third kappa shape index (κ3) is 5.45. The molecule has 0 N–H and O–H groups in total. The fourth-order valence-corrected chi connectivity index (χ4v) is 4.02. The minimum absolute atomic E-state index is 0.111. The first kappa shape index (κ1) is 21.1. The summed E-state index contributed by atoms with van der Waals surface area (Å²) in [6.45, 7) is 0.201. The first-order valence-corrected chi connectivity index (χ1v) is 10.3. The molecule has 1 aliphatic rings. The Labute approximate surface area is 166 Å². The Kier molecular flexibility index (Phi) is 6.08. The lowest BCUT2D eigenvalue weighted by Crippen LogP contribution is -2.50. The van der Waals surface area contributed by atoms with E-state index in [2.05, 4.69) is 5.10 Å². The molecule has 0 aliphatic carbocycles. The lowest BCUT2D eigenvalue weighted by atomic mass is 10.2. The third-order valence-corrected chi connectivity index (χ3v) is 5.98. The maximum Gasteiger partial charge on any atom is 0.435 e. The second kappa shape index (κ2) is 8.37. The maximum absolute atomic E-state index is 12.6. The Morgan fingerprint density at radius 2 is 1.72 bits per heavy atom. The van der Waals surface area contributed by atoms with Gasteiger partial charge in [-0.3, -0.25) is 9.48 Å². The van der Waals surface area contributed by atoms with E-state index in [1.165, 1.54) is 15.3 Å². The number of piperazine rings is 1. The molecule has 1 amide bonds. The average molecular weight is 428 g/mol. The van der Waals surface area contributed by atoms with Crippen molar-refractivity contribution in [2.75, 3.05) is 26.2 Å². The molecule has 0 radical (unpaired) electrons. The Morgan fingerprint density at radius 1 is 1.07 bits per heavy atom. The molecule has 2 aromatic rings. The van der Waals surface area contributed by atoms with E-state index in [1.54, 1.807) is 24.3 Å². The summed E-state index contributed by atoms with van der Waals surface area (Å²) in [6, 6.07) is 9.79. The summed E-state index contributed by atoms with van der Waals surface area (Å²) in [7, 11) is -3.63. The molecule has 0 spiro atoms. The molecule has 1 aliphatic heterocycles. The number of nitrogens with zero attached hydrogens (tertiary/aromatic N) is 4. The average Bonchev–Trinajstić information content (AvgIpc) is 3.16. The monoisotopic (exact) mass is 428 g/mol. The number of hydrogen-bond acceptors (Lipinski definition) is 4. The number of carbonyl (C=O) groups is 1. The number of sulfonamides is 1. The predicted octanol–water partition coefficient (Wildman–Crippen LogP) is 2.05. The smallest absolute Gasteiger partial charge is 0.338 e. The van der Waals surface area contributed by atoms with E-state index in [9.17, 15) is 26.4 Å². The second-order valence-electron chi connectivity index (χ2n) is 6.43. The fraction of sp³-hybridized carbons (Fsp3) is 0.333. The van der Waals surface area contributed by atoms with Crippen LogP contribution in [0.3, 0.4) is 0 Å². The van der Waals surface area contributed by atoms with E-state index in [4.69, 9.17) is 0 Å². The molecule has 7 nitrogen and oxygen atoms in total. The summed E-state index contributed by atoms with van der Waals surface area (Å²) < 4.78 is 64.8. The van der Waals surface area contributed by atoms with Crippen LogP contribution in [0, 0.1) is 0 Å². The van der Waals surface area contributed by atoms with Crippen molar-refractivity contribution in [3.05, 3.63) is 59.3 Å². The van der Waals surface area contributed by atoms with E-state index in [0.29, 0.717) is 0 Å². The minimum Gasteiger partial charge on any atom is -0.338 e. The quantitative estimate of drug-likeness (QED) is 0.731. The summed E-state index contributed by atoms with van der Waals surface area (Å²) >= 11 is 0. The van der Waals surface area contributed by atoms with Crippen LogP contribution in [-0.4, -0.2) is 59.5 Å². The standard InChI is InChI=1S/C18H19F3N4O3S/c19-18(20,21)16-6-8-24(22-16)14-17(26)23-9-11-25(12-10-23)29(27,28)13-7-15-4-2-1-3-5-15/h1-8,13H,9-12,14H2. The van der Waals surface area contributed by atoms with Crippen molar-refractivity contribution < 1.29 is 26.4 Å². The summed E-state index contributed by atoms with van der Waals surface area (Å²) in [5, 5.41) is 4.48. The van der Waals surface area contributed by atoms with Crippen LogP contribution in [0.2, 0.25) is 0 Å². The summed E-state index contributed by atoms with van der Waals surface area (Å²) in [4.78, 5) is 13.7. The van der Waals surface area contributed by atoms with E-state index in [1.807, 2.05) is 6.07 Å². The van der Waals surface area contributed by atoms with Crippen LogP contribution in [0.5, 0.6) is 0 Å². The molecule has 0 bridgehead atoms. The highest BCUT2D eigenvalue weighted by atomic mass is 32.2. The molecule has 156 valence electrons. The topological polar surface area (TPSA) is 75.5 Å². The highest BCUT2D eigenvalue weighted by molar-refractivity contribution is 7.92. The van der Waals surface area contributed by atoms with Crippen LogP contribution >= 0.6 is 0 Å². The number of alkyl halides is 3. The van der Waals surface area contributed by atoms with Crippen molar-refractivity contribution in [3.63, 3.8) is 0 Å². The molecule has 11 heteroatoms. The molecule has 1 aromatic heterocycles. The molecule has 3 rings (SSSR count). The summed E-state index contributed by atoms with van der Waals surface area (Å²) in [5.74, 6) is -0.418. The lowest BCUT2D eigenvalue weighted by molar-refractivity contribution is -0.142. The lowest BCUT2D eigenvalue weighted by Gasteiger charge is -2.33. The van der Waals surface area contributed by atoms with Crippen molar-refractivity contribution >= 4 is 22.0 Å². The normalized spacial score (nSPS) is 16.4. The number of benzene rings is 1. The van der Waals surface area contributed by atoms with Crippen molar-refractivity contribution in [2.45, 2.75) is 12.7 Å².